The average molecular weight is 356 g/mol. The maximum Gasteiger partial charge on any atom is 0.126 e. The molecular weight excluding hydrogens is 328 g/mol. The van der Waals surface area contributed by atoms with Gasteiger partial charge in [0.15, 0.2) is 0 Å². The number of rotatable bonds is 6. The Morgan fingerprint density at radius 2 is 0.962 bits per heavy atom. The lowest BCUT2D eigenvalue weighted by atomic mass is 9.75. The summed E-state index contributed by atoms with van der Waals surface area (Å²) in [7, 11) is 6.82. The lowest BCUT2D eigenvalue weighted by molar-refractivity contribution is 0.352. The molecule has 26 heavy (non-hydrogen) atoms. The summed E-state index contributed by atoms with van der Waals surface area (Å²) in [5.41, 5.74) is 2.57. The highest BCUT2D eigenvalue weighted by atomic mass is 16.5. The fourth-order valence-corrected chi connectivity index (χ4v) is 4.03. The van der Waals surface area contributed by atoms with E-state index in [2.05, 4.69) is 12.1 Å². The maximum absolute atomic E-state index is 5.60. The average Bonchev–Trinajstić information content (AvgIpc) is 2.72. The zero-order chi connectivity index (χ0) is 18.5. The van der Waals surface area contributed by atoms with Gasteiger partial charge in [-0.1, -0.05) is 12.1 Å². The molecule has 0 aliphatic heterocycles. The molecule has 0 amide bonds. The van der Waals surface area contributed by atoms with Gasteiger partial charge in [-0.25, -0.2) is 0 Å². The van der Waals surface area contributed by atoms with Crippen molar-refractivity contribution in [1.82, 2.24) is 0 Å². The first kappa shape index (κ1) is 18.4. The van der Waals surface area contributed by atoms with Crippen molar-refractivity contribution in [2.75, 3.05) is 28.4 Å². The van der Waals surface area contributed by atoms with Gasteiger partial charge in [0, 0.05) is 12.1 Å². The topological polar surface area (TPSA) is 36.9 Å². The highest BCUT2D eigenvalue weighted by Gasteiger charge is 2.27. The van der Waals surface area contributed by atoms with Crippen LogP contribution in [-0.2, 0) is 0 Å². The number of benzene rings is 2. The van der Waals surface area contributed by atoms with Crippen molar-refractivity contribution in [2.24, 2.45) is 0 Å². The molecule has 0 spiro atoms. The molecular formula is C22H28O4. The highest BCUT2D eigenvalue weighted by Crippen LogP contribution is 2.45. The Balaban J connectivity index is 1.74. The summed E-state index contributed by atoms with van der Waals surface area (Å²) in [5.74, 6) is 4.57. The van der Waals surface area contributed by atoms with Crippen LogP contribution >= 0.6 is 0 Å². The van der Waals surface area contributed by atoms with Gasteiger partial charge in [0.25, 0.3) is 0 Å². The minimum Gasteiger partial charge on any atom is -0.497 e. The predicted octanol–water partition coefficient (Wildman–Crippen LogP) is 5.16. The summed E-state index contributed by atoms with van der Waals surface area (Å²) in [6, 6.07) is 12.3. The van der Waals surface area contributed by atoms with Crippen LogP contribution in [0.3, 0.4) is 0 Å². The van der Waals surface area contributed by atoms with Gasteiger partial charge >= 0.3 is 0 Å². The van der Waals surface area contributed by atoms with E-state index in [0.29, 0.717) is 11.8 Å². The summed E-state index contributed by atoms with van der Waals surface area (Å²) < 4.78 is 21.8. The fourth-order valence-electron chi connectivity index (χ4n) is 4.03. The van der Waals surface area contributed by atoms with Crippen LogP contribution < -0.4 is 18.9 Å². The van der Waals surface area contributed by atoms with Gasteiger partial charge in [0.2, 0.25) is 0 Å². The molecule has 1 aliphatic rings. The van der Waals surface area contributed by atoms with Crippen LogP contribution in [0.4, 0.5) is 0 Å². The highest BCUT2D eigenvalue weighted by molar-refractivity contribution is 5.45. The Kier molecular flexibility index (Phi) is 5.92. The van der Waals surface area contributed by atoms with Crippen molar-refractivity contribution < 1.29 is 18.9 Å². The van der Waals surface area contributed by atoms with Crippen LogP contribution in [0.25, 0.3) is 0 Å². The largest absolute Gasteiger partial charge is 0.497 e. The molecule has 0 aromatic heterocycles. The lowest BCUT2D eigenvalue weighted by Crippen LogP contribution is -2.13. The van der Waals surface area contributed by atoms with Gasteiger partial charge in [-0.05, 0) is 60.8 Å². The fraction of sp³-hybridized carbons (Fsp3) is 0.455. The Labute approximate surface area is 156 Å². The van der Waals surface area contributed by atoms with E-state index in [4.69, 9.17) is 18.9 Å². The third-order valence-corrected chi connectivity index (χ3v) is 5.49. The third kappa shape index (κ3) is 3.74. The Morgan fingerprint density at radius 1 is 0.577 bits per heavy atom. The number of ether oxygens (including phenoxy) is 4. The van der Waals surface area contributed by atoms with Crippen LogP contribution in [0.5, 0.6) is 23.0 Å². The van der Waals surface area contributed by atoms with Gasteiger partial charge < -0.3 is 18.9 Å². The Morgan fingerprint density at radius 3 is 1.27 bits per heavy atom. The predicted molar refractivity (Wildman–Crippen MR) is 103 cm³/mol. The molecule has 0 unspecified atom stereocenters. The molecule has 0 bridgehead atoms. The van der Waals surface area contributed by atoms with E-state index < -0.39 is 0 Å². The van der Waals surface area contributed by atoms with Crippen molar-refractivity contribution in [1.29, 1.82) is 0 Å². The second-order valence-electron chi connectivity index (χ2n) is 6.76. The molecule has 0 saturated heterocycles. The molecule has 2 aromatic rings. The minimum atomic E-state index is 0.524. The van der Waals surface area contributed by atoms with Crippen LogP contribution in [0.1, 0.15) is 48.6 Å². The smallest absolute Gasteiger partial charge is 0.126 e. The summed E-state index contributed by atoms with van der Waals surface area (Å²) >= 11 is 0. The second kappa shape index (κ2) is 8.35. The summed E-state index contributed by atoms with van der Waals surface area (Å²) in [6.07, 6.45) is 4.57. The van der Waals surface area contributed by atoms with Crippen molar-refractivity contribution in [3.63, 3.8) is 0 Å². The van der Waals surface area contributed by atoms with Crippen molar-refractivity contribution in [3.05, 3.63) is 47.5 Å². The van der Waals surface area contributed by atoms with E-state index in [1.807, 2.05) is 24.3 Å². The maximum atomic E-state index is 5.60. The molecule has 0 radical (unpaired) electrons. The van der Waals surface area contributed by atoms with E-state index in [1.165, 1.54) is 11.1 Å². The molecule has 4 heteroatoms. The van der Waals surface area contributed by atoms with E-state index in [1.54, 1.807) is 28.4 Å². The van der Waals surface area contributed by atoms with Gasteiger partial charge in [-0.15, -0.1) is 0 Å². The standard InChI is InChI=1S/C22H28O4/c1-23-17-9-11-19(21(13-17)25-3)15-5-7-16(8-6-15)20-12-10-18(24-2)14-22(20)26-4/h9-16H,5-8H2,1-4H3. The summed E-state index contributed by atoms with van der Waals surface area (Å²) in [4.78, 5) is 0. The first-order valence-corrected chi connectivity index (χ1v) is 9.14. The normalized spacial score (nSPS) is 19.7. The van der Waals surface area contributed by atoms with Gasteiger partial charge in [0.1, 0.15) is 23.0 Å². The van der Waals surface area contributed by atoms with E-state index in [-0.39, 0.29) is 0 Å². The number of hydrogen-bond donors (Lipinski definition) is 0. The Hall–Kier alpha value is -2.36. The van der Waals surface area contributed by atoms with Gasteiger partial charge in [-0.3, -0.25) is 0 Å². The molecule has 1 fully saturated rings. The molecule has 140 valence electrons. The zero-order valence-electron chi connectivity index (χ0n) is 16.1. The SMILES string of the molecule is COc1ccc(C2CCC(c3ccc(OC)cc3OC)CC2)c(OC)c1. The quantitative estimate of drug-likeness (QED) is 0.716. The summed E-state index contributed by atoms with van der Waals surface area (Å²) in [5, 5.41) is 0. The van der Waals surface area contributed by atoms with Crippen LogP contribution in [-0.4, -0.2) is 28.4 Å². The zero-order valence-corrected chi connectivity index (χ0v) is 16.1. The first-order valence-electron chi connectivity index (χ1n) is 9.14. The van der Waals surface area contributed by atoms with Crippen LogP contribution in [0.2, 0.25) is 0 Å². The second-order valence-corrected chi connectivity index (χ2v) is 6.76. The monoisotopic (exact) mass is 356 g/mol. The van der Waals surface area contributed by atoms with Crippen molar-refractivity contribution in [2.45, 2.75) is 37.5 Å². The van der Waals surface area contributed by atoms with E-state index >= 15 is 0 Å². The van der Waals surface area contributed by atoms with Crippen LogP contribution in [0, 0.1) is 0 Å². The lowest BCUT2D eigenvalue weighted by Gasteiger charge is -2.30. The number of hydrogen-bond acceptors (Lipinski definition) is 4. The molecule has 2 aromatic carbocycles. The third-order valence-electron chi connectivity index (χ3n) is 5.49. The molecule has 0 heterocycles. The molecule has 0 N–H and O–H groups in total. The molecule has 4 nitrogen and oxygen atoms in total. The molecule has 3 rings (SSSR count). The number of methoxy groups -OCH3 is 4. The Bertz CT molecular complexity index is 669. The minimum absolute atomic E-state index is 0.524. The van der Waals surface area contributed by atoms with Gasteiger partial charge in [-0.2, -0.15) is 0 Å². The molecule has 1 saturated carbocycles. The van der Waals surface area contributed by atoms with Crippen molar-refractivity contribution >= 4 is 0 Å². The summed E-state index contributed by atoms with van der Waals surface area (Å²) in [6.45, 7) is 0. The molecule has 1 aliphatic carbocycles. The first-order chi connectivity index (χ1) is 12.7. The van der Waals surface area contributed by atoms with Crippen molar-refractivity contribution in [3.8, 4) is 23.0 Å². The van der Waals surface area contributed by atoms with Gasteiger partial charge in [0.05, 0.1) is 28.4 Å². The van der Waals surface area contributed by atoms with Crippen LogP contribution in [0.15, 0.2) is 36.4 Å². The van der Waals surface area contributed by atoms with E-state index in [0.717, 1.165) is 48.7 Å². The molecule has 0 atom stereocenters. The van der Waals surface area contributed by atoms with E-state index in [9.17, 15) is 0 Å².